The van der Waals surface area contributed by atoms with Crippen molar-refractivity contribution in [1.29, 1.82) is 0 Å². The van der Waals surface area contributed by atoms with Gasteiger partial charge in [0, 0.05) is 56.2 Å². The van der Waals surface area contributed by atoms with E-state index in [1.165, 1.54) is 23.0 Å². The Balaban J connectivity index is 1.15. The van der Waals surface area contributed by atoms with Crippen molar-refractivity contribution in [3.05, 3.63) is 59.3 Å². The zero-order valence-corrected chi connectivity index (χ0v) is 22.3. The third-order valence-corrected chi connectivity index (χ3v) is 7.80. The van der Waals surface area contributed by atoms with Crippen LogP contribution < -0.4 is 11.1 Å². The molecule has 2 fully saturated rings. The second-order valence-electron chi connectivity index (χ2n) is 10.1. The number of H-pyrrole nitrogens is 1. The molecular formula is C26H25ClF3N9O2. The smallest absolute Gasteiger partial charge is 0.339 e. The fourth-order valence-corrected chi connectivity index (χ4v) is 5.49. The molecule has 0 radical (unpaired) electrons. The highest BCUT2D eigenvalue weighted by atomic mass is 35.5. The third-order valence-electron chi connectivity index (χ3n) is 7.49. The standard InChI is InChI=1S/C26H25ClF3N9O2/c27-19-11-16(1-2-17(19)25(41)38-7-5-37(6-8-38)24(40)14-9-15(31)10-14)35-22-23-33-13-20(39(23)4-3-32-22)18-12-34-36-21(18)26(28,29)30/h1-4,11-15H,5-10,31H2,(H,32,35)(H,34,36). The molecular weight excluding hydrogens is 563 g/mol. The van der Waals surface area contributed by atoms with E-state index in [1.54, 1.807) is 28.0 Å². The Kier molecular flexibility index (Phi) is 6.82. The molecule has 4 N–H and O–H groups in total. The van der Waals surface area contributed by atoms with Gasteiger partial charge >= 0.3 is 6.18 Å². The highest BCUT2D eigenvalue weighted by Gasteiger charge is 2.37. The zero-order valence-electron chi connectivity index (χ0n) is 21.5. The number of benzene rings is 1. The van der Waals surface area contributed by atoms with Gasteiger partial charge in [-0.2, -0.15) is 18.3 Å². The van der Waals surface area contributed by atoms with Crippen LogP contribution in [0.4, 0.5) is 24.7 Å². The molecule has 0 spiro atoms. The van der Waals surface area contributed by atoms with E-state index >= 15 is 0 Å². The molecule has 6 rings (SSSR count). The first-order valence-corrected chi connectivity index (χ1v) is 13.3. The highest BCUT2D eigenvalue weighted by molar-refractivity contribution is 6.34. The Hall–Kier alpha value is -4.17. The van der Waals surface area contributed by atoms with Gasteiger partial charge in [-0.3, -0.25) is 19.1 Å². The molecule has 11 nitrogen and oxygen atoms in total. The number of alkyl halides is 3. The van der Waals surface area contributed by atoms with Gasteiger partial charge in [0.1, 0.15) is 5.69 Å². The molecule has 0 bridgehead atoms. The number of nitrogens with zero attached hydrogens (tertiary/aromatic N) is 6. The lowest BCUT2D eigenvalue weighted by molar-refractivity contribution is -0.141. The first kappa shape index (κ1) is 27.0. The summed E-state index contributed by atoms with van der Waals surface area (Å²) in [5, 5.41) is 8.84. The number of nitrogens with two attached hydrogens (primary N) is 1. The Morgan fingerprint density at radius 1 is 1.07 bits per heavy atom. The summed E-state index contributed by atoms with van der Waals surface area (Å²) in [6.45, 7) is 1.72. The van der Waals surface area contributed by atoms with Crippen LogP contribution in [0.2, 0.25) is 5.02 Å². The van der Waals surface area contributed by atoms with E-state index in [2.05, 4.69) is 20.4 Å². The summed E-state index contributed by atoms with van der Waals surface area (Å²) in [6.07, 6.45) is 2.14. The maximum absolute atomic E-state index is 13.4. The molecule has 1 aliphatic carbocycles. The number of amides is 2. The lowest BCUT2D eigenvalue weighted by atomic mass is 9.80. The maximum atomic E-state index is 13.4. The molecule has 3 aromatic heterocycles. The summed E-state index contributed by atoms with van der Waals surface area (Å²) < 4.78 is 41.7. The molecule has 0 atom stereocenters. The minimum absolute atomic E-state index is 0.0151. The molecule has 15 heteroatoms. The Morgan fingerprint density at radius 3 is 2.49 bits per heavy atom. The van der Waals surface area contributed by atoms with Crippen LogP contribution in [0.1, 0.15) is 28.9 Å². The lowest BCUT2D eigenvalue weighted by Gasteiger charge is -2.40. The topological polar surface area (TPSA) is 138 Å². The molecule has 1 aromatic carbocycles. The average molecular weight is 588 g/mol. The number of rotatable bonds is 5. The number of imidazole rings is 1. The first-order valence-electron chi connectivity index (χ1n) is 12.9. The van der Waals surface area contributed by atoms with Gasteiger partial charge in [-0.25, -0.2) is 9.97 Å². The summed E-state index contributed by atoms with van der Waals surface area (Å²) in [5.74, 6) is 0.127. The minimum Gasteiger partial charge on any atom is -0.339 e. The second kappa shape index (κ2) is 10.3. The van der Waals surface area contributed by atoms with Gasteiger partial charge in [0.15, 0.2) is 11.5 Å². The van der Waals surface area contributed by atoms with E-state index in [0.717, 1.165) is 6.20 Å². The van der Waals surface area contributed by atoms with Gasteiger partial charge in [-0.1, -0.05) is 11.6 Å². The maximum Gasteiger partial charge on any atom is 0.433 e. The third kappa shape index (κ3) is 5.08. The molecule has 2 aliphatic rings. The molecule has 41 heavy (non-hydrogen) atoms. The number of hydrogen-bond acceptors (Lipinski definition) is 7. The molecule has 1 saturated carbocycles. The van der Waals surface area contributed by atoms with Crippen molar-refractivity contribution in [2.75, 3.05) is 31.5 Å². The van der Waals surface area contributed by atoms with E-state index in [9.17, 15) is 22.8 Å². The number of anilines is 2. The van der Waals surface area contributed by atoms with E-state index in [-0.39, 0.29) is 51.5 Å². The monoisotopic (exact) mass is 587 g/mol. The molecule has 4 aromatic rings. The molecule has 4 heterocycles. The number of halogens is 4. The number of aromatic amines is 1. The van der Waals surface area contributed by atoms with Gasteiger partial charge < -0.3 is 20.9 Å². The van der Waals surface area contributed by atoms with Crippen LogP contribution in [0, 0.1) is 5.92 Å². The van der Waals surface area contributed by atoms with Crippen LogP contribution in [0.25, 0.3) is 16.9 Å². The average Bonchev–Trinajstić information content (AvgIpc) is 3.59. The van der Waals surface area contributed by atoms with Crippen LogP contribution in [0.5, 0.6) is 0 Å². The Morgan fingerprint density at radius 2 is 1.80 bits per heavy atom. The normalized spacial score (nSPS) is 19.3. The predicted molar refractivity (Wildman–Crippen MR) is 143 cm³/mol. The first-order chi connectivity index (χ1) is 19.6. The van der Waals surface area contributed by atoms with Crippen LogP contribution >= 0.6 is 11.6 Å². The Bertz CT molecular complexity index is 1620. The summed E-state index contributed by atoms with van der Waals surface area (Å²) in [5.41, 5.74) is 5.97. The summed E-state index contributed by atoms with van der Waals surface area (Å²) in [6, 6.07) is 4.92. The zero-order chi connectivity index (χ0) is 28.9. The molecule has 1 aliphatic heterocycles. The van der Waals surface area contributed by atoms with Crippen molar-refractivity contribution < 1.29 is 22.8 Å². The van der Waals surface area contributed by atoms with Crippen LogP contribution in [-0.4, -0.2) is 78.4 Å². The van der Waals surface area contributed by atoms with Crippen molar-refractivity contribution in [2.45, 2.75) is 25.1 Å². The fraction of sp³-hybridized carbons (Fsp3) is 0.346. The van der Waals surface area contributed by atoms with E-state index in [4.69, 9.17) is 17.3 Å². The van der Waals surface area contributed by atoms with Crippen molar-refractivity contribution in [1.82, 2.24) is 34.4 Å². The number of carbonyl (C=O) groups excluding carboxylic acids is 2. The van der Waals surface area contributed by atoms with Crippen molar-refractivity contribution >= 4 is 40.6 Å². The van der Waals surface area contributed by atoms with Crippen molar-refractivity contribution in [2.24, 2.45) is 11.7 Å². The van der Waals surface area contributed by atoms with Crippen LogP contribution in [-0.2, 0) is 11.0 Å². The number of aromatic nitrogens is 5. The summed E-state index contributed by atoms with van der Waals surface area (Å²) >= 11 is 6.50. The van der Waals surface area contributed by atoms with E-state index in [0.29, 0.717) is 50.3 Å². The van der Waals surface area contributed by atoms with Gasteiger partial charge in [-0.05, 0) is 31.0 Å². The Labute approximate surface area is 236 Å². The van der Waals surface area contributed by atoms with Crippen LogP contribution in [0.15, 0.2) is 43.0 Å². The number of hydrogen-bond donors (Lipinski definition) is 3. The predicted octanol–water partition coefficient (Wildman–Crippen LogP) is 3.56. The van der Waals surface area contributed by atoms with Crippen molar-refractivity contribution in [3.63, 3.8) is 0 Å². The SMILES string of the molecule is NC1CC(C(=O)N2CCN(C(=O)c3ccc(Nc4nccn5c(-c6cn[nH]c6C(F)(F)F)cnc45)cc3Cl)CC2)C1. The number of fused-ring (bicyclic) bond motifs is 1. The van der Waals surface area contributed by atoms with Gasteiger partial charge in [0.25, 0.3) is 5.91 Å². The van der Waals surface area contributed by atoms with Gasteiger partial charge in [0.05, 0.1) is 34.2 Å². The van der Waals surface area contributed by atoms with E-state index < -0.39 is 11.9 Å². The molecule has 0 unspecified atom stereocenters. The largest absolute Gasteiger partial charge is 0.433 e. The minimum atomic E-state index is -4.62. The number of piperazine rings is 1. The fourth-order valence-electron chi connectivity index (χ4n) is 5.23. The van der Waals surface area contributed by atoms with E-state index in [1.807, 2.05) is 5.10 Å². The van der Waals surface area contributed by atoms with Crippen molar-refractivity contribution in [3.8, 4) is 11.3 Å². The number of carbonyl (C=O) groups is 2. The van der Waals surface area contributed by atoms with Crippen LogP contribution in [0.3, 0.4) is 0 Å². The summed E-state index contributed by atoms with van der Waals surface area (Å²) in [7, 11) is 0. The lowest BCUT2D eigenvalue weighted by Crippen LogP contribution is -2.54. The highest BCUT2D eigenvalue weighted by Crippen LogP contribution is 2.36. The molecule has 2 amide bonds. The summed E-state index contributed by atoms with van der Waals surface area (Å²) in [4.78, 5) is 37.8. The van der Waals surface area contributed by atoms with Gasteiger partial charge in [0.2, 0.25) is 5.91 Å². The molecule has 214 valence electrons. The second-order valence-corrected chi connectivity index (χ2v) is 10.5. The molecule has 1 saturated heterocycles. The number of nitrogens with one attached hydrogen (secondary N) is 2. The quantitative estimate of drug-likeness (QED) is 0.325. The van der Waals surface area contributed by atoms with Gasteiger partial charge in [-0.15, -0.1) is 0 Å².